The number of nitrogens with zero attached hydrogens (tertiary/aromatic N) is 3. The number of hydrogen-bond acceptors (Lipinski definition) is 6. The maximum Gasteiger partial charge on any atom is 0.246 e. The third-order valence-electron chi connectivity index (χ3n) is 4.48. The van der Waals surface area contributed by atoms with Crippen molar-refractivity contribution in [1.82, 2.24) is 14.4 Å². The molecule has 29 heavy (non-hydrogen) atoms. The number of benzene rings is 2. The van der Waals surface area contributed by atoms with Crippen molar-refractivity contribution < 1.29 is 12.9 Å². The lowest BCUT2D eigenvalue weighted by atomic mass is 10.1. The van der Waals surface area contributed by atoms with Crippen LogP contribution in [0, 0.1) is 0 Å². The van der Waals surface area contributed by atoms with E-state index in [1.54, 1.807) is 30.3 Å². The summed E-state index contributed by atoms with van der Waals surface area (Å²) in [6, 6.07) is 14.6. The summed E-state index contributed by atoms with van der Waals surface area (Å²) in [5.74, 6) is 0.984. The summed E-state index contributed by atoms with van der Waals surface area (Å²) in [5.41, 5.74) is 2.90. The van der Waals surface area contributed by atoms with Crippen molar-refractivity contribution in [3.8, 4) is 11.4 Å². The summed E-state index contributed by atoms with van der Waals surface area (Å²) in [4.78, 5) is 4.62. The topological polar surface area (TPSA) is 88.3 Å². The molecular weight excluding hydrogens is 388 g/mol. The highest BCUT2D eigenvalue weighted by Crippen LogP contribution is 2.19. The van der Waals surface area contributed by atoms with Gasteiger partial charge in [-0.1, -0.05) is 42.4 Å². The smallest absolute Gasteiger partial charge is 0.246 e. The molecule has 0 unspecified atom stereocenters. The van der Waals surface area contributed by atoms with E-state index in [2.05, 4.69) is 29.0 Å². The molecule has 0 spiro atoms. The van der Waals surface area contributed by atoms with Crippen LogP contribution in [0.15, 0.2) is 70.6 Å². The first kappa shape index (κ1) is 20.8. The highest BCUT2D eigenvalue weighted by molar-refractivity contribution is 7.89. The number of rotatable bonds is 9. The number of nitrogens with one attached hydrogen (secondary N) is 1. The number of sulfonamides is 1. The summed E-state index contributed by atoms with van der Waals surface area (Å²) in [5, 5.41) is 7.17. The summed E-state index contributed by atoms with van der Waals surface area (Å²) in [6.45, 7) is 6.26. The normalized spacial score (nSPS) is 11.6. The number of hydrogen-bond donors (Lipinski definition) is 1. The van der Waals surface area contributed by atoms with E-state index < -0.39 is 10.0 Å². The van der Waals surface area contributed by atoms with Crippen LogP contribution < -0.4 is 5.32 Å². The highest BCUT2D eigenvalue weighted by atomic mass is 32.2. The molecule has 0 aliphatic heterocycles. The summed E-state index contributed by atoms with van der Waals surface area (Å²) >= 11 is 0. The quantitative estimate of drug-likeness (QED) is 0.539. The molecule has 3 rings (SSSR count). The van der Waals surface area contributed by atoms with Crippen molar-refractivity contribution in [3.05, 3.63) is 72.6 Å². The lowest BCUT2D eigenvalue weighted by molar-refractivity contribution is 0.384. The molecule has 3 aromatic rings. The largest absolute Gasteiger partial charge is 0.376 e. The second-order valence-corrected chi connectivity index (χ2v) is 8.56. The molecule has 8 heteroatoms. The van der Waals surface area contributed by atoms with Crippen molar-refractivity contribution >= 4 is 15.7 Å². The Morgan fingerprint density at radius 3 is 2.45 bits per heavy atom. The van der Waals surface area contributed by atoms with E-state index in [0.29, 0.717) is 18.3 Å². The van der Waals surface area contributed by atoms with Crippen LogP contribution in [0.5, 0.6) is 0 Å². The van der Waals surface area contributed by atoms with Crippen molar-refractivity contribution in [3.63, 3.8) is 0 Å². The Morgan fingerprint density at radius 2 is 1.83 bits per heavy atom. The molecule has 0 atom stereocenters. The van der Waals surface area contributed by atoms with Crippen molar-refractivity contribution in [2.24, 2.45) is 0 Å². The van der Waals surface area contributed by atoms with Gasteiger partial charge in [-0.2, -0.15) is 9.29 Å². The Morgan fingerprint density at radius 1 is 1.14 bits per heavy atom. The first-order valence-electron chi connectivity index (χ1n) is 9.27. The third-order valence-corrected chi connectivity index (χ3v) is 6.32. The predicted octanol–water partition coefficient (Wildman–Crippen LogP) is 3.72. The standard InChI is InChI=1S/C21H24N4O3S/c1-4-14-25(3)29(26,27)19-12-10-18(11-13-19)22-15-20-23-21(24-28-20)17-8-6-16(5-2)7-9-17/h4,6-13,22H,1,5,14-15H2,2-3H3. The van der Waals surface area contributed by atoms with Crippen molar-refractivity contribution in [2.45, 2.75) is 24.8 Å². The van der Waals surface area contributed by atoms with Gasteiger partial charge in [0.25, 0.3) is 0 Å². The van der Waals surface area contributed by atoms with Gasteiger partial charge in [-0.25, -0.2) is 8.42 Å². The van der Waals surface area contributed by atoms with E-state index >= 15 is 0 Å². The number of aromatic nitrogens is 2. The molecule has 1 N–H and O–H groups in total. The summed E-state index contributed by atoms with van der Waals surface area (Å²) < 4.78 is 31.4. The van der Waals surface area contributed by atoms with Gasteiger partial charge in [0.05, 0.1) is 11.4 Å². The van der Waals surface area contributed by atoms with Crippen molar-refractivity contribution in [1.29, 1.82) is 0 Å². The average Bonchev–Trinajstić information content (AvgIpc) is 3.22. The maximum absolute atomic E-state index is 12.4. The molecule has 0 aliphatic rings. The Kier molecular flexibility index (Phi) is 6.46. The predicted molar refractivity (Wildman–Crippen MR) is 113 cm³/mol. The van der Waals surface area contributed by atoms with E-state index in [0.717, 1.165) is 17.7 Å². The molecule has 152 valence electrons. The monoisotopic (exact) mass is 412 g/mol. The zero-order valence-corrected chi connectivity index (χ0v) is 17.3. The minimum Gasteiger partial charge on any atom is -0.376 e. The fourth-order valence-corrected chi connectivity index (χ4v) is 3.86. The van der Waals surface area contributed by atoms with E-state index in [4.69, 9.17) is 4.52 Å². The number of aryl methyl sites for hydroxylation is 1. The Balaban J connectivity index is 1.63. The molecule has 0 fully saturated rings. The summed E-state index contributed by atoms with van der Waals surface area (Å²) in [7, 11) is -2.00. The van der Waals surface area contributed by atoms with E-state index in [1.165, 1.54) is 16.9 Å². The fraction of sp³-hybridized carbons (Fsp3) is 0.238. The Labute approximate surface area is 171 Å². The van der Waals surface area contributed by atoms with Gasteiger partial charge < -0.3 is 9.84 Å². The molecule has 0 amide bonds. The Hall–Kier alpha value is -2.97. The molecule has 1 aromatic heterocycles. The van der Waals surface area contributed by atoms with Gasteiger partial charge in [0.15, 0.2) is 0 Å². The first-order chi connectivity index (χ1) is 13.9. The van der Waals surface area contributed by atoms with Gasteiger partial charge in [0, 0.05) is 24.8 Å². The second kappa shape index (κ2) is 9.02. The van der Waals surface area contributed by atoms with Crippen LogP contribution in [0.3, 0.4) is 0 Å². The number of likely N-dealkylation sites (N-methyl/N-ethyl adjacent to an activating group) is 1. The van der Waals surface area contributed by atoms with Crippen LogP contribution in [0.25, 0.3) is 11.4 Å². The molecule has 2 aromatic carbocycles. The minimum absolute atomic E-state index is 0.225. The zero-order chi connectivity index (χ0) is 20.9. The molecule has 1 heterocycles. The molecule has 0 aliphatic carbocycles. The lowest BCUT2D eigenvalue weighted by Gasteiger charge is -2.15. The van der Waals surface area contributed by atoms with Gasteiger partial charge in [0.2, 0.25) is 21.7 Å². The van der Waals surface area contributed by atoms with Gasteiger partial charge in [-0.3, -0.25) is 0 Å². The summed E-state index contributed by atoms with van der Waals surface area (Å²) in [6.07, 6.45) is 2.52. The van der Waals surface area contributed by atoms with E-state index in [1.807, 2.05) is 24.3 Å². The van der Waals surface area contributed by atoms with Gasteiger partial charge in [-0.05, 0) is 36.2 Å². The SMILES string of the molecule is C=CCN(C)S(=O)(=O)c1ccc(NCc2nc(-c3ccc(CC)cc3)no2)cc1. The van der Waals surface area contributed by atoms with Crippen LogP contribution in [-0.2, 0) is 23.0 Å². The van der Waals surface area contributed by atoms with Crippen LogP contribution in [0.4, 0.5) is 5.69 Å². The second-order valence-electron chi connectivity index (χ2n) is 6.51. The third kappa shape index (κ3) is 4.90. The van der Waals surface area contributed by atoms with Crippen LogP contribution in [-0.4, -0.2) is 36.5 Å². The molecule has 7 nitrogen and oxygen atoms in total. The molecule has 0 radical (unpaired) electrons. The molecule has 0 bridgehead atoms. The minimum atomic E-state index is -3.52. The van der Waals surface area contributed by atoms with E-state index in [9.17, 15) is 8.42 Å². The maximum atomic E-state index is 12.4. The molecule has 0 saturated heterocycles. The van der Waals surface area contributed by atoms with Crippen LogP contribution in [0.1, 0.15) is 18.4 Å². The zero-order valence-electron chi connectivity index (χ0n) is 16.5. The van der Waals surface area contributed by atoms with Gasteiger partial charge in [0.1, 0.15) is 0 Å². The molecular formula is C21H24N4O3S. The van der Waals surface area contributed by atoms with Gasteiger partial charge >= 0.3 is 0 Å². The van der Waals surface area contributed by atoms with Crippen LogP contribution in [0.2, 0.25) is 0 Å². The fourth-order valence-electron chi connectivity index (χ4n) is 2.72. The van der Waals surface area contributed by atoms with E-state index in [-0.39, 0.29) is 11.4 Å². The average molecular weight is 413 g/mol. The van der Waals surface area contributed by atoms with Gasteiger partial charge in [-0.15, -0.1) is 6.58 Å². The first-order valence-corrected chi connectivity index (χ1v) is 10.7. The van der Waals surface area contributed by atoms with Crippen molar-refractivity contribution in [2.75, 3.05) is 18.9 Å². The molecule has 0 saturated carbocycles. The van der Waals surface area contributed by atoms with Crippen LogP contribution >= 0.6 is 0 Å². The Bertz CT molecular complexity index is 1060. The lowest BCUT2D eigenvalue weighted by Crippen LogP contribution is -2.26. The number of anilines is 1. The highest BCUT2D eigenvalue weighted by Gasteiger charge is 2.19.